The topological polar surface area (TPSA) is 12.0 Å². The third-order valence-corrected chi connectivity index (χ3v) is 2.49. The Morgan fingerprint density at radius 1 is 1.45 bits per heavy atom. The summed E-state index contributed by atoms with van der Waals surface area (Å²) in [5.41, 5.74) is 1.74. The molecule has 0 saturated carbocycles. The molecule has 0 spiro atoms. The summed E-state index contributed by atoms with van der Waals surface area (Å²) in [6.45, 7) is 0.850. The Bertz CT molecular complexity index is 298. The fraction of sp³-hybridized carbons (Fsp3) is 0.250. The molecular formula is C8H7BrFN. The average Bonchev–Trinajstić information content (AvgIpc) is 2.45. The van der Waals surface area contributed by atoms with Crippen LogP contribution < -0.4 is 5.32 Å². The molecule has 0 radical (unpaired) electrons. The molecule has 3 heteroatoms. The number of hydrogen-bond acceptors (Lipinski definition) is 1. The summed E-state index contributed by atoms with van der Waals surface area (Å²) in [5, 5.41) is 3.00. The summed E-state index contributed by atoms with van der Waals surface area (Å²) in [6.07, 6.45) is 0.930. The molecule has 0 amide bonds. The second kappa shape index (κ2) is 2.48. The maximum Gasteiger partial charge on any atom is 0.160 e. The van der Waals surface area contributed by atoms with E-state index in [1.165, 1.54) is 0 Å². The van der Waals surface area contributed by atoms with Crippen molar-refractivity contribution in [3.8, 4) is 0 Å². The molecule has 1 aliphatic rings. The molecule has 0 fully saturated rings. The van der Waals surface area contributed by atoms with Crippen LogP contribution in [0.25, 0.3) is 0 Å². The van der Waals surface area contributed by atoms with Crippen LogP contribution in [0.2, 0.25) is 0 Å². The van der Waals surface area contributed by atoms with Crippen LogP contribution >= 0.6 is 15.9 Å². The monoisotopic (exact) mass is 215 g/mol. The number of anilines is 1. The highest BCUT2D eigenvalue weighted by molar-refractivity contribution is 9.10. The van der Waals surface area contributed by atoms with Crippen LogP contribution in [0.1, 0.15) is 5.56 Å². The summed E-state index contributed by atoms with van der Waals surface area (Å²) in [4.78, 5) is 0. The molecule has 0 bridgehead atoms. The lowest BCUT2D eigenvalue weighted by atomic mass is 10.2. The minimum atomic E-state index is -0.167. The minimum Gasteiger partial charge on any atom is -0.382 e. The average molecular weight is 216 g/mol. The number of hydrogen-bond donors (Lipinski definition) is 1. The lowest BCUT2D eigenvalue weighted by Crippen LogP contribution is -1.93. The van der Waals surface area contributed by atoms with E-state index in [0.717, 1.165) is 18.5 Å². The Hall–Kier alpha value is -0.570. The van der Waals surface area contributed by atoms with Crippen LogP contribution in [0, 0.1) is 5.82 Å². The van der Waals surface area contributed by atoms with Gasteiger partial charge in [0.05, 0.1) is 10.2 Å². The van der Waals surface area contributed by atoms with Gasteiger partial charge in [-0.05, 0) is 34.0 Å². The predicted octanol–water partition coefficient (Wildman–Crippen LogP) is 2.56. The van der Waals surface area contributed by atoms with Crippen LogP contribution in [0.5, 0.6) is 0 Å². The number of nitrogens with one attached hydrogen (secondary N) is 1. The van der Waals surface area contributed by atoms with Gasteiger partial charge in [0.15, 0.2) is 5.82 Å². The summed E-state index contributed by atoms with van der Waals surface area (Å²) >= 11 is 3.13. The van der Waals surface area contributed by atoms with Gasteiger partial charge in [0.1, 0.15) is 0 Å². The molecule has 1 heterocycles. The fourth-order valence-corrected chi connectivity index (χ4v) is 1.64. The highest BCUT2D eigenvalue weighted by Gasteiger charge is 2.15. The first kappa shape index (κ1) is 7.10. The van der Waals surface area contributed by atoms with Gasteiger partial charge in [-0.15, -0.1) is 0 Å². The first-order chi connectivity index (χ1) is 5.29. The highest BCUT2D eigenvalue weighted by Crippen LogP contribution is 2.30. The van der Waals surface area contributed by atoms with Crippen molar-refractivity contribution in [1.82, 2.24) is 0 Å². The van der Waals surface area contributed by atoms with Gasteiger partial charge in [0.2, 0.25) is 0 Å². The van der Waals surface area contributed by atoms with Crippen LogP contribution in [-0.2, 0) is 6.42 Å². The molecule has 1 aromatic carbocycles. The Kier molecular flexibility index (Phi) is 1.60. The summed E-state index contributed by atoms with van der Waals surface area (Å²) in [7, 11) is 0. The van der Waals surface area contributed by atoms with E-state index in [4.69, 9.17) is 0 Å². The quantitative estimate of drug-likeness (QED) is 0.702. The second-order valence-corrected chi connectivity index (χ2v) is 3.43. The van der Waals surface area contributed by atoms with Crippen LogP contribution in [0.3, 0.4) is 0 Å². The number of benzene rings is 1. The normalized spacial score (nSPS) is 14.4. The molecule has 2 rings (SSSR count). The van der Waals surface area contributed by atoms with E-state index in [-0.39, 0.29) is 5.82 Å². The molecule has 1 aliphatic heterocycles. The van der Waals surface area contributed by atoms with E-state index < -0.39 is 0 Å². The first-order valence-corrected chi connectivity index (χ1v) is 4.29. The van der Waals surface area contributed by atoms with Crippen molar-refractivity contribution < 1.29 is 4.39 Å². The van der Waals surface area contributed by atoms with E-state index >= 15 is 0 Å². The highest BCUT2D eigenvalue weighted by atomic mass is 79.9. The minimum absolute atomic E-state index is 0.167. The van der Waals surface area contributed by atoms with Gasteiger partial charge >= 0.3 is 0 Å². The standard InChI is InChI=1S/C8H7BrFN/c9-6-2-1-5-3-4-11-8(5)7(6)10/h1-2,11H,3-4H2. The van der Waals surface area contributed by atoms with Gasteiger partial charge < -0.3 is 5.32 Å². The Labute approximate surface area is 72.7 Å². The van der Waals surface area contributed by atoms with Crippen molar-refractivity contribution in [2.75, 3.05) is 11.9 Å². The summed E-state index contributed by atoms with van der Waals surface area (Å²) < 4.78 is 13.7. The lowest BCUT2D eigenvalue weighted by molar-refractivity contribution is 0.625. The van der Waals surface area contributed by atoms with E-state index in [1.807, 2.05) is 6.07 Å². The summed E-state index contributed by atoms with van der Waals surface area (Å²) in [5.74, 6) is -0.167. The van der Waals surface area contributed by atoms with Crippen molar-refractivity contribution in [2.45, 2.75) is 6.42 Å². The summed E-state index contributed by atoms with van der Waals surface area (Å²) in [6, 6.07) is 3.70. The molecule has 0 aliphatic carbocycles. The Morgan fingerprint density at radius 3 is 3.09 bits per heavy atom. The third-order valence-electron chi connectivity index (χ3n) is 1.88. The van der Waals surface area contributed by atoms with Gasteiger partial charge in [0, 0.05) is 6.54 Å². The van der Waals surface area contributed by atoms with E-state index in [2.05, 4.69) is 21.2 Å². The largest absolute Gasteiger partial charge is 0.382 e. The molecule has 11 heavy (non-hydrogen) atoms. The van der Waals surface area contributed by atoms with E-state index in [9.17, 15) is 4.39 Å². The van der Waals surface area contributed by atoms with E-state index in [1.54, 1.807) is 6.07 Å². The van der Waals surface area contributed by atoms with Crippen LogP contribution in [-0.4, -0.2) is 6.54 Å². The van der Waals surface area contributed by atoms with E-state index in [0.29, 0.717) is 10.2 Å². The van der Waals surface area contributed by atoms with Gasteiger partial charge in [-0.25, -0.2) is 4.39 Å². The van der Waals surface area contributed by atoms with Crippen molar-refractivity contribution in [2.24, 2.45) is 0 Å². The van der Waals surface area contributed by atoms with Crippen LogP contribution in [0.4, 0.5) is 10.1 Å². The van der Waals surface area contributed by atoms with Crippen molar-refractivity contribution in [1.29, 1.82) is 0 Å². The Morgan fingerprint density at radius 2 is 2.27 bits per heavy atom. The van der Waals surface area contributed by atoms with Crippen molar-refractivity contribution in [3.63, 3.8) is 0 Å². The van der Waals surface area contributed by atoms with Crippen molar-refractivity contribution >= 4 is 21.6 Å². The maximum atomic E-state index is 13.2. The fourth-order valence-electron chi connectivity index (χ4n) is 1.31. The maximum absolute atomic E-state index is 13.2. The van der Waals surface area contributed by atoms with Gasteiger partial charge in [0.25, 0.3) is 0 Å². The number of halogens is 2. The molecule has 1 aromatic rings. The second-order valence-electron chi connectivity index (χ2n) is 2.57. The SMILES string of the molecule is Fc1c(Br)ccc2c1NCC2. The predicted molar refractivity (Wildman–Crippen MR) is 46.3 cm³/mol. The zero-order valence-corrected chi connectivity index (χ0v) is 7.41. The zero-order chi connectivity index (χ0) is 7.84. The third kappa shape index (κ3) is 1.03. The first-order valence-electron chi connectivity index (χ1n) is 3.50. The van der Waals surface area contributed by atoms with Gasteiger partial charge in [-0.1, -0.05) is 6.07 Å². The molecule has 1 nitrogen and oxygen atoms in total. The zero-order valence-electron chi connectivity index (χ0n) is 5.82. The smallest absolute Gasteiger partial charge is 0.160 e. The molecule has 0 unspecified atom stereocenters. The van der Waals surface area contributed by atoms with Crippen molar-refractivity contribution in [3.05, 3.63) is 28.0 Å². The van der Waals surface area contributed by atoms with Gasteiger partial charge in [-0.2, -0.15) is 0 Å². The molecule has 0 atom stereocenters. The van der Waals surface area contributed by atoms with Crippen LogP contribution in [0.15, 0.2) is 16.6 Å². The number of rotatable bonds is 0. The molecule has 0 aromatic heterocycles. The molecule has 58 valence electrons. The van der Waals surface area contributed by atoms with Gasteiger partial charge in [-0.3, -0.25) is 0 Å². The molecular weight excluding hydrogens is 209 g/mol. The lowest BCUT2D eigenvalue weighted by Gasteiger charge is -2.01. The number of fused-ring (bicyclic) bond motifs is 1. The Balaban J connectivity index is 2.62. The molecule has 0 saturated heterocycles. The molecule has 1 N–H and O–H groups in total.